The smallest absolute Gasteiger partial charge is 0.142 e. The minimum Gasteiger partial charge on any atom is -0.328 e. The molecule has 1 aromatic carbocycles. The van der Waals surface area contributed by atoms with Gasteiger partial charge in [0.2, 0.25) is 0 Å². The molecule has 2 nitrogen and oxygen atoms in total. The maximum Gasteiger partial charge on any atom is 0.142 e. The van der Waals surface area contributed by atoms with Gasteiger partial charge < -0.3 is 5.73 Å². The summed E-state index contributed by atoms with van der Waals surface area (Å²) in [5.74, 6) is 0.166. The lowest BCUT2D eigenvalue weighted by atomic mass is 9.89. The molecule has 5 heteroatoms. The zero-order chi connectivity index (χ0) is 14.9. The van der Waals surface area contributed by atoms with Crippen LogP contribution in [-0.4, -0.2) is 24.0 Å². The van der Waals surface area contributed by atoms with Crippen LogP contribution in [0.5, 0.6) is 0 Å². The summed E-state index contributed by atoms with van der Waals surface area (Å²) in [5.41, 5.74) is 6.76. The van der Waals surface area contributed by atoms with Gasteiger partial charge in [0.25, 0.3) is 0 Å². The lowest BCUT2D eigenvalue weighted by Gasteiger charge is -2.37. The highest BCUT2D eigenvalue weighted by Crippen LogP contribution is 2.33. The van der Waals surface area contributed by atoms with Gasteiger partial charge in [-0.05, 0) is 63.4 Å². The molecule has 0 saturated carbocycles. The molecule has 1 heterocycles. The zero-order valence-electron chi connectivity index (χ0n) is 11.9. The van der Waals surface area contributed by atoms with Crippen LogP contribution in [0.15, 0.2) is 12.1 Å². The summed E-state index contributed by atoms with van der Waals surface area (Å²) in [6, 6.07) is 3.26. The minimum atomic E-state index is -0.414. The van der Waals surface area contributed by atoms with Crippen molar-refractivity contribution in [2.24, 2.45) is 11.7 Å². The molecule has 0 radical (unpaired) electrons. The van der Waals surface area contributed by atoms with Crippen molar-refractivity contribution in [1.29, 1.82) is 0 Å². The molecule has 1 aliphatic rings. The van der Waals surface area contributed by atoms with Gasteiger partial charge >= 0.3 is 0 Å². The van der Waals surface area contributed by atoms with Crippen molar-refractivity contribution in [3.8, 4) is 0 Å². The van der Waals surface area contributed by atoms with E-state index in [1.165, 1.54) is 12.1 Å². The number of hydrogen-bond acceptors (Lipinski definition) is 2. The number of nitrogens with zero attached hydrogens (tertiary/aromatic N) is 1. The molecular formula is C15H21Cl2FN2. The molecule has 112 valence electrons. The van der Waals surface area contributed by atoms with Gasteiger partial charge in [-0.1, -0.05) is 23.2 Å². The summed E-state index contributed by atoms with van der Waals surface area (Å²) >= 11 is 11.9. The summed E-state index contributed by atoms with van der Waals surface area (Å²) < 4.78 is 13.6. The van der Waals surface area contributed by atoms with Crippen molar-refractivity contribution in [2.75, 3.05) is 13.1 Å². The largest absolute Gasteiger partial charge is 0.328 e. The van der Waals surface area contributed by atoms with Crippen LogP contribution in [0.25, 0.3) is 0 Å². The quantitative estimate of drug-likeness (QED) is 0.844. The summed E-state index contributed by atoms with van der Waals surface area (Å²) in [7, 11) is 0. The molecule has 0 aliphatic carbocycles. The lowest BCUT2D eigenvalue weighted by molar-refractivity contribution is 0.132. The van der Waals surface area contributed by atoms with E-state index >= 15 is 0 Å². The number of benzene rings is 1. The molecule has 0 aromatic heterocycles. The molecule has 1 aliphatic heterocycles. The fourth-order valence-electron chi connectivity index (χ4n) is 2.89. The van der Waals surface area contributed by atoms with Crippen molar-refractivity contribution in [3.63, 3.8) is 0 Å². The van der Waals surface area contributed by atoms with E-state index in [4.69, 9.17) is 28.9 Å². The Morgan fingerprint density at radius 1 is 1.20 bits per heavy atom. The van der Waals surface area contributed by atoms with Gasteiger partial charge in [-0.2, -0.15) is 0 Å². The molecular weight excluding hydrogens is 298 g/mol. The SMILES string of the molecule is CC(N)C1CCN(C(C)c2cc(F)c(Cl)cc2Cl)CC1. The van der Waals surface area contributed by atoms with Crippen LogP contribution in [0.3, 0.4) is 0 Å². The Kier molecular flexibility index (Phi) is 5.30. The predicted octanol–water partition coefficient (Wildman–Crippen LogP) is 4.25. The molecule has 2 atom stereocenters. The normalized spacial score (nSPS) is 20.9. The number of nitrogens with two attached hydrogens (primary N) is 1. The van der Waals surface area contributed by atoms with E-state index in [2.05, 4.69) is 18.7 Å². The first-order valence-electron chi connectivity index (χ1n) is 7.04. The zero-order valence-corrected chi connectivity index (χ0v) is 13.4. The molecule has 2 N–H and O–H groups in total. The average molecular weight is 319 g/mol. The first-order chi connectivity index (χ1) is 9.40. The molecule has 2 unspecified atom stereocenters. The molecule has 0 bridgehead atoms. The Hall–Kier alpha value is -0.350. The summed E-state index contributed by atoms with van der Waals surface area (Å²) in [4.78, 5) is 2.33. The molecule has 1 saturated heterocycles. The number of piperidine rings is 1. The van der Waals surface area contributed by atoms with Crippen LogP contribution in [0.4, 0.5) is 4.39 Å². The Bertz CT molecular complexity index is 471. The third-order valence-electron chi connectivity index (χ3n) is 4.36. The van der Waals surface area contributed by atoms with E-state index < -0.39 is 5.82 Å². The van der Waals surface area contributed by atoms with Crippen LogP contribution >= 0.6 is 23.2 Å². The molecule has 0 amide bonds. The van der Waals surface area contributed by atoms with Crippen LogP contribution in [0, 0.1) is 11.7 Å². The van der Waals surface area contributed by atoms with Gasteiger partial charge in [0, 0.05) is 17.1 Å². The van der Waals surface area contributed by atoms with Crippen LogP contribution in [0.2, 0.25) is 10.0 Å². The lowest BCUT2D eigenvalue weighted by Crippen LogP contribution is -2.40. The van der Waals surface area contributed by atoms with Gasteiger partial charge in [0.05, 0.1) is 5.02 Å². The standard InChI is InChI=1S/C15H21Cl2FN2/c1-9(19)11-3-5-20(6-4-11)10(2)12-7-15(18)14(17)8-13(12)16/h7-11H,3-6,19H2,1-2H3. The average Bonchev–Trinajstić information content (AvgIpc) is 2.42. The van der Waals surface area contributed by atoms with E-state index in [1.54, 1.807) is 0 Å². The van der Waals surface area contributed by atoms with Crippen molar-refractivity contribution in [3.05, 3.63) is 33.6 Å². The van der Waals surface area contributed by atoms with E-state index in [0.29, 0.717) is 10.9 Å². The number of rotatable bonds is 3. The summed E-state index contributed by atoms with van der Waals surface area (Å²) in [6.45, 7) is 6.05. The fourth-order valence-corrected chi connectivity index (χ4v) is 3.43. The third kappa shape index (κ3) is 3.45. The first-order valence-corrected chi connectivity index (χ1v) is 7.79. The van der Waals surface area contributed by atoms with E-state index in [-0.39, 0.29) is 17.1 Å². The van der Waals surface area contributed by atoms with Crippen molar-refractivity contribution < 1.29 is 4.39 Å². The second kappa shape index (κ2) is 6.61. The van der Waals surface area contributed by atoms with Crippen LogP contribution < -0.4 is 5.73 Å². The predicted molar refractivity (Wildman–Crippen MR) is 82.8 cm³/mol. The maximum absolute atomic E-state index is 13.6. The Morgan fingerprint density at radius 3 is 2.35 bits per heavy atom. The van der Waals surface area contributed by atoms with Crippen LogP contribution in [-0.2, 0) is 0 Å². The highest BCUT2D eigenvalue weighted by atomic mass is 35.5. The molecule has 1 fully saturated rings. The molecule has 1 aromatic rings. The summed E-state index contributed by atoms with van der Waals surface area (Å²) in [6.07, 6.45) is 2.16. The second-order valence-corrected chi connectivity index (χ2v) is 6.51. The first kappa shape index (κ1) is 16.0. The van der Waals surface area contributed by atoms with E-state index in [1.807, 2.05) is 0 Å². The topological polar surface area (TPSA) is 29.3 Å². The monoisotopic (exact) mass is 318 g/mol. The van der Waals surface area contributed by atoms with E-state index in [0.717, 1.165) is 31.5 Å². The van der Waals surface area contributed by atoms with Gasteiger partial charge in [-0.25, -0.2) is 4.39 Å². The van der Waals surface area contributed by atoms with Gasteiger partial charge in [-0.15, -0.1) is 0 Å². The van der Waals surface area contributed by atoms with Crippen LogP contribution in [0.1, 0.15) is 38.3 Å². The highest BCUT2D eigenvalue weighted by molar-refractivity contribution is 6.35. The minimum absolute atomic E-state index is 0.0709. The molecule has 0 spiro atoms. The molecule has 2 rings (SSSR count). The Labute approximate surface area is 130 Å². The number of halogens is 3. The number of hydrogen-bond donors (Lipinski definition) is 1. The van der Waals surface area contributed by atoms with Crippen molar-refractivity contribution in [1.82, 2.24) is 4.90 Å². The fraction of sp³-hybridized carbons (Fsp3) is 0.600. The van der Waals surface area contributed by atoms with Gasteiger partial charge in [0.15, 0.2) is 0 Å². The van der Waals surface area contributed by atoms with Crippen molar-refractivity contribution in [2.45, 2.75) is 38.8 Å². The second-order valence-electron chi connectivity index (χ2n) is 5.70. The maximum atomic E-state index is 13.6. The Balaban J connectivity index is 2.09. The highest BCUT2D eigenvalue weighted by Gasteiger charge is 2.26. The number of likely N-dealkylation sites (tertiary alicyclic amines) is 1. The van der Waals surface area contributed by atoms with Crippen molar-refractivity contribution >= 4 is 23.2 Å². The third-order valence-corrected chi connectivity index (χ3v) is 4.97. The van der Waals surface area contributed by atoms with Gasteiger partial charge in [0.1, 0.15) is 5.82 Å². The summed E-state index contributed by atoms with van der Waals surface area (Å²) in [5, 5.41) is 0.597. The Morgan fingerprint density at radius 2 is 1.80 bits per heavy atom. The van der Waals surface area contributed by atoms with Gasteiger partial charge in [-0.3, -0.25) is 4.90 Å². The van der Waals surface area contributed by atoms with E-state index in [9.17, 15) is 4.39 Å². The molecule has 20 heavy (non-hydrogen) atoms.